The molecule has 2 heterocycles. The number of hydrogen-bond donors (Lipinski definition) is 1. The highest BCUT2D eigenvalue weighted by Gasteiger charge is 2.15. The van der Waals surface area contributed by atoms with Crippen molar-refractivity contribution in [1.29, 1.82) is 0 Å². The van der Waals surface area contributed by atoms with E-state index >= 15 is 0 Å². The van der Waals surface area contributed by atoms with E-state index in [2.05, 4.69) is 20.6 Å². The first-order valence-electron chi connectivity index (χ1n) is 8.36. The second-order valence-electron chi connectivity index (χ2n) is 5.78. The Hall–Kier alpha value is -3.29. The molecule has 6 nitrogen and oxygen atoms in total. The summed E-state index contributed by atoms with van der Waals surface area (Å²) in [5, 5.41) is 16.2. The maximum Gasteiger partial charge on any atom is 0.286 e. The SMILES string of the molecule is O=C(Nc1ccccc1)c1nnc(/C(Cl)=C/c2cnn(-c3ccccc3)c2)s1. The van der Waals surface area contributed by atoms with Crippen LogP contribution in [0.3, 0.4) is 0 Å². The van der Waals surface area contributed by atoms with E-state index in [1.807, 2.05) is 54.7 Å². The van der Waals surface area contributed by atoms with Gasteiger partial charge in [-0.25, -0.2) is 4.68 Å². The lowest BCUT2D eigenvalue weighted by Gasteiger charge is -2.00. The maximum absolute atomic E-state index is 12.3. The molecule has 1 amide bonds. The van der Waals surface area contributed by atoms with Crippen LogP contribution in [-0.2, 0) is 0 Å². The lowest BCUT2D eigenvalue weighted by molar-refractivity contribution is 0.102. The number of aromatic nitrogens is 4. The molecule has 2 aromatic heterocycles. The van der Waals surface area contributed by atoms with E-state index in [0.717, 1.165) is 22.6 Å². The molecule has 0 aliphatic carbocycles. The Morgan fingerprint density at radius 1 is 1.00 bits per heavy atom. The first-order valence-corrected chi connectivity index (χ1v) is 9.56. The summed E-state index contributed by atoms with van der Waals surface area (Å²) in [6.45, 7) is 0. The molecule has 0 fully saturated rings. The normalized spacial score (nSPS) is 11.4. The smallest absolute Gasteiger partial charge is 0.286 e. The summed E-state index contributed by atoms with van der Waals surface area (Å²) in [5.74, 6) is -0.323. The minimum Gasteiger partial charge on any atom is -0.320 e. The number of hydrogen-bond acceptors (Lipinski definition) is 5. The van der Waals surface area contributed by atoms with Gasteiger partial charge in [-0.2, -0.15) is 5.10 Å². The molecule has 0 unspecified atom stereocenters. The van der Waals surface area contributed by atoms with Crippen molar-refractivity contribution in [2.24, 2.45) is 0 Å². The van der Waals surface area contributed by atoms with Gasteiger partial charge in [-0.15, -0.1) is 10.2 Å². The summed E-state index contributed by atoms with van der Waals surface area (Å²) in [7, 11) is 0. The van der Waals surface area contributed by atoms with Crippen LogP contribution in [0.15, 0.2) is 73.1 Å². The van der Waals surface area contributed by atoms with Crippen molar-refractivity contribution >= 4 is 45.6 Å². The molecule has 0 radical (unpaired) electrons. The number of carbonyl (C=O) groups excluding carboxylic acids is 1. The molecular weight excluding hydrogens is 394 g/mol. The second kappa shape index (κ2) is 8.16. The highest BCUT2D eigenvalue weighted by molar-refractivity contribution is 7.15. The number of carbonyl (C=O) groups is 1. The van der Waals surface area contributed by atoms with Crippen LogP contribution in [0.4, 0.5) is 5.69 Å². The monoisotopic (exact) mass is 407 g/mol. The van der Waals surface area contributed by atoms with Crippen molar-refractivity contribution in [3.63, 3.8) is 0 Å². The fourth-order valence-electron chi connectivity index (χ4n) is 2.46. The van der Waals surface area contributed by atoms with Gasteiger partial charge < -0.3 is 5.32 Å². The molecule has 2 aromatic carbocycles. The van der Waals surface area contributed by atoms with E-state index in [0.29, 0.717) is 15.7 Å². The standard InChI is InChI=1S/C20H14ClN5OS/c21-17(11-14-12-22-26(13-14)16-9-5-2-6-10-16)19-24-25-20(28-19)18(27)23-15-7-3-1-4-8-15/h1-13H,(H,23,27)/b17-11-. The van der Waals surface area contributed by atoms with E-state index < -0.39 is 0 Å². The van der Waals surface area contributed by atoms with Crippen LogP contribution in [0.2, 0.25) is 0 Å². The summed E-state index contributed by atoms with van der Waals surface area (Å²) in [6.07, 6.45) is 5.31. The van der Waals surface area contributed by atoms with Gasteiger partial charge in [-0.05, 0) is 30.3 Å². The Balaban J connectivity index is 1.49. The molecule has 4 rings (SSSR count). The molecule has 0 aliphatic heterocycles. The zero-order valence-corrected chi connectivity index (χ0v) is 16.1. The van der Waals surface area contributed by atoms with Crippen LogP contribution in [-0.4, -0.2) is 25.9 Å². The fourth-order valence-corrected chi connectivity index (χ4v) is 3.38. The molecule has 1 N–H and O–H groups in total. The summed E-state index contributed by atoms with van der Waals surface area (Å²) in [5.41, 5.74) is 2.47. The van der Waals surface area contributed by atoms with Crippen LogP contribution >= 0.6 is 22.9 Å². The quantitative estimate of drug-likeness (QED) is 0.519. The predicted octanol–water partition coefficient (Wildman–Crippen LogP) is 4.71. The van der Waals surface area contributed by atoms with Crippen LogP contribution in [0.1, 0.15) is 20.4 Å². The third-order valence-electron chi connectivity index (χ3n) is 3.77. The van der Waals surface area contributed by atoms with Crippen molar-refractivity contribution in [2.75, 3.05) is 5.32 Å². The van der Waals surface area contributed by atoms with E-state index in [4.69, 9.17) is 11.6 Å². The summed E-state index contributed by atoms with van der Waals surface area (Å²) in [4.78, 5) is 12.3. The van der Waals surface area contributed by atoms with Gasteiger partial charge in [0.1, 0.15) is 0 Å². The average Bonchev–Trinajstić information content (AvgIpc) is 3.39. The minimum absolute atomic E-state index is 0.241. The van der Waals surface area contributed by atoms with Gasteiger partial charge in [0, 0.05) is 17.4 Å². The van der Waals surface area contributed by atoms with Crippen molar-refractivity contribution in [2.45, 2.75) is 0 Å². The molecule has 8 heteroatoms. The van der Waals surface area contributed by atoms with Crippen LogP contribution in [0.5, 0.6) is 0 Å². The molecule has 0 saturated heterocycles. The molecule has 0 aliphatic rings. The van der Waals surface area contributed by atoms with E-state index in [-0.39, 0.29) is 10.9 Å². The lowest BCUT2D eigenvalue weighted by Crippen LogP contribution is -2.11. The van der Waals surface area contributed by atoms with Crippen LogP contribution < -0.4 is 5.32 Å². The number of amides is 1. The van der Waals surface area contributed by atoms with E-state index in [1.54, 1.807) is 29.1 Å². The van der Waals surface area contributed by atoms with Gasteiger partial charge in [0.25, 0.3) is 5.91 Å². The molecular formula is C20H14ClN5OS. The van der Waals surface area contributed by atoms with Crippen molar-refractivity contribution in [1.82, 2.24) is 20.0 Å². The molecule has 0 atom stereocenters. The van der Waals surface area contributed by atoms with E-state index in [1.165, 1.54) is 0 Å². The zero-order chi connectivity index (χ0) is 19.3. The molecule has 0 bridgehead atoms. The number of rotatable bonds is 5. The van der Waals surface area contributed by atoms with Crippen molar-refractivity contribution in [3.05, 3.63) is 88.6 Å². The average molecular weight is 408 g/mol. The predicted molar refractivity (Wildman–Crippen MR) is 112 cm³/mol. The second-order valence-corrected chi connectivity index (χ2v) is 7.16. The highest BCUT2D eigenvalue weighted by atomic mass is 35.5. The zero-order valence-electron chi connectivity index (χ0n) is 14.5. The summed E-state index contributed by atoms with van der Waals surface area (Å²) >= 11 is 7.50. The van der Waals surface area contributed by atoms with Crippen LogP contribution in [0.25, 0.3) is 16.8 Å². The van der Waals surface area contributed by atoms with Crippen molar-refractivity contribution < 1.29 is 4.79 Å². The largest absolute Gasteiger partial charge is 0.320 e. The first-order chi connectivity index (χ1) is 13.7. The van der Waals surface area contributed by atoms with Gasteiger partial charge in [0.15, 0.2) is 5.01 Å². The summed E-state index contributed by atoms with van der Waals surface area (Å²) in [6, 6.07) is 18.9. The number of para-hydroxylation sites is 2. The summed E-state index contributed by atoms with van der Waals surface area (Å²) < 4.78 is 1.76. The molecule has 138 valence electrons. The molecule has 0 saturated carbocycles. The highest BCUT2D eigenvalue weighted by Crippen LogP contribution is 2.26. The Morgan fingerprint density at radius 3 is 2.43 bits per heavy atom. The van der Waals surface area contributed by atoms with Crippen LogP contribution in [0, 0.1) is 0 Å². The number of nitrogens with zero attached hydrogens (tertiary/aromatic N) is 4. The minimum atomic E-state index is -0.323. The molecule has 4 aromatic rings. The Bertz CT molecular complexity index is 1120. The topological polar surface area (TPSA) is 72.7 Å². The third-order valence-corrected chi connectivity index (χ3v) is 5.13. The van der Waals surface area contributed by atoms with Gasteiger partial charge >= 0.3 is 0 Å². The third kappa shape index (κ3) is 4.16. The maximum atomic E-state index is 12.3. The molecule has 0 spiro atoms. The van der Waals surface area contributed by atoms with E-state index in [9.17, 15) is 4.79 Å². The number of nitrogens with one attached hydrogen (secondary N) is 1. The Kier molecular flexibility index (Phi) is 5.27. The Morgan fingerprint density at radius 2 is 1.68 bits per heavy atom. The van der Waals surface area contributed by atoms with Gasteiger partial charge in [0.2, 0.25) is 5.01 Å². The Labute approximate surface area is 170 Å². The number of anilines is 1. The van der Waals surface area contributed by atoms with Gasteiger partial charge in [-0.3, -0.25) is 4.79 Å². The first kappa shape index (κ1) is 18.1. The molecule has 28 heavy (non-hydrogen) atoms. The lowest BCUT2D eigenvalue weighted by atomic mass is 10.3. The van der Waals surface area contributed by atoms with Gasteiger partial charge in [-0.1, -0.05) is 59.3 Å². The number of halogens is 1. The van der Waals surface area contributed by atoms with Gasteiger partial charge in [0.05, 0.1) is 16.9 Å². The fraction of sp³-hybridized carbons (Fsp3) is 0. The number of benzene rings is 2. The van der Waals surface area contributed by atoms with Crippen molar-refractivity contribution in [3.8, 4) is 5.69 Å².